The van der Waals surface area contributed by atoms with Gasteiger partial charge < -0.3 is 4.90 Å². The van der Waals surface area contributed by atoms with Crippen molar-refractivity contribution in [1.82, 2.24) is 4.40 Å². The first-order chi connectivity index (χ1) is 29.1. The lowest BCUT2D eigenvalue weighted by molar-refractivity contribution is 0.660. The average Bonchev–Trinajstić information content (AvgIpc) is 3.65. The molecular weight excluding hydrogens is 733 g/mol. The van der Waals surface area contributed by atoms with Crippen molar-refractivity contribution < 1.29 is 0 Å². The number of benzene rings is 8. The zero-order chi connectivity index (χ0) is 40.7. The van der Waals surface area contributed by atoms with Gasteiger partial charge >= 0.3 is 0 Å². The second-order valence-electron chi connectivity index (χ2n) is 17.6. The number of hydrogen-bond acceptors (Lipinski definition) is 3. The lowest BCUT2D eigenvalue weighted by Gasteiger charge is -2.30. The molecule has 2 heterocycles. The molecule has 0 saturated heterocycles. The van der Waals surface area contributed by atoms with Gasteiger partial charge in [0, 0.05) is 49.4 Å². The molecule has 4 heteroatoms. The van der Waals surface area contributed by atoms with E-state index in [0.717, 1.165) is 49.7 Å². The summed E-state index contributed by atoms with van der Waals surface area (Å²) in [5.41, 5.74) is 15.7. The van der Waals surface area contributed by atoms with Crippen LogP contribution in [0.2, 0.25) is 0 Å². The van der Waals surface area contributed by atoms with Crippen LogP contribution in [0.4, 0.5) is 17.1 Å². The number of rotatable bonds is 4. The van der Waals surface area contributed by atoms with Crippen LogP contribution in [0.1, 0.15) is 49.9 Å². The molecule has 0 fully saturated rings. The number of hydrogen-bond donors (Lipinski definition) is 0. The lowest BCUT2D eigenvalue weighted by atomic mass is 9.82. The van der Waals surface area contributed by atoms with Gasteiger partial charge in [0.2, 0.25) is 0 Å². The normalized spacial score (nSPS) is 14.4. The number of anilines is 3. The Kier molecular flexibility index (Phi) is 7.01. The van der Waals surface area contributed by atoms with E-state index in [1.165, 1.54) is 48.9 Å². The first kappa shape index (κ1) is 34.7. The average molecular weight is 773 g/mol. The SMILES string of the molecule is CC1(C)c2ccccc2-c2ccc(N(c3ccc(-c4cc5c6ccccc6c(=O)n6c(=O)c7ccccc7c(c4)c56)cc3)c3ccc4c(c3)C(C)(C)c3ccccc3-4)cc21. The molecule has 60 heavy (non-hydrogen) atoms. The molecule has 2 aliphatic carbocycles. The first-order valence-electron chi connectivity index (χ1n) is 20.8. The summed E-state index contributed by atoms with van der Waals surface area (Å²) in [5, 5.41) is 4.52. The molecule has 0 radical (unpaired) electrons. The molecule has 0 spiro atoms. The van der Waals surface area contributed by atoms with Crippen molar-refractivity contribution in [1.29, 1.82) is 0 Å². The van der Waals surface area contributed by atoms with Crippen molar-refractivity contribution in [2.45, 2.75) is 38.5 Å². The predicted octanol–water partition coefficient (Wildman–Crippen LogP) is 13.3. The van der Waals surface area contributed by atoms with Gasteiger partial charge in [0.15, 0.2) is 0 Å². The molecule has 10 aromatic rings. The lowest BCUT2D eigenvalue weighted by Crippen LogP contribution is -2.27. The van der Waals surface area contributed by atoms with Gasteiger partial charge in [-0.2, -0.15) is 0 Å². The molecule has 0 bridgehead atoms. The van der Waals surface area contributed by atoms with E-state index in [-0.39, 0.29) is 21.9 Å². The van der Waals surface area contributed by atoms with Gasteiger partial charge in [-0.15, -0.1) is 0 Å². The highest BCUT2D eigenvalue weighted by molar-refractivity contribution is 6.19. The van der Waals surface area contributed by atoms with Crippen LogP contribution in [0.25, 0.3) is 71.2 Å². The Morgan fingerprint density at radius 1 is 0.367 bits per heavy atom. The van der Waals surface area contributed by atoms with E-state index >= 15 is 0 Å². The summed E-state index contributed by atoms with van der Waals surface area (Å²) in [5.74, 6) is 0. The summed E-state index contributed by atoms with van der Waals surface area (Å²) in [4.78, 5) is 30.2. The highest BCUT2D eigenvalue weighted by atomic mass is 16.2. The fraction of sp³-hybridized carbons (Fsp3) is 0.107. The largest absolute Gasteiger partial charge is 0.310 e. The van der Waals surface area contributed by atoms with E-state index in [0.29, 0.717) is 16.3 Å². The summed E-state index contributed by atoms with van der Waals surface area (Å²) in [6.45, 7) is 9.35. The van der Waals surface area contributed by atoms with Crippen molar-refractivity contribution in [2.75, 3.05) is 4.90 Å². The van der Waals surface area contributed by atoms with Crippen molar-refractivity contribution in [2.24, 2.45) is 0 Å². The highest BCUT2D eigenvalue weighted by Gasteiger charge is 2.37. The molecule has 0 saturated carbocycles. The number of aromatic nitrogens is 1. The van der Waals surface area contributed by atoms with Crippen LogP contribution in [0.15, 0.2) is 179 Å². The Balaban J connectivity index is 1.05. The van der Waals surface area contributed by atoms with Crippen molar-refractivity contribution in [3.63, 3.8) is 0 Å². The summed E-state index contributed by atoms with van der Waals surface area (Å²) >= 11 is 0. The van der Waals surface area contributed by atoms with E-state index in [1.54, 1.807) is 0 Å². The van der Waals surface area contributed by atoms with E-state index in [2.05, 4.69) is 154 Å². The molecule has 2 aliphatic rings. The number of pyridine rings is 2. The summed E-state index contributed by atoms with van der Waals surface area (Å²) in [7, 11) is 0. The van der Waals surface area contributed by atoms with Crippen LogP contribution in [-0.4, -0.2) is 4.40 Å². The molecule has 0 aliphatic heterocycles. The van der Waals surface area contributed by atoms with Crippen molar-refractivity contribution >= 4 is 54.9 Å². The predicted molar refractivity (Wildman–Crippen MR) is 249 cm³/mol. The third kappa shape index (κ3) is 4.62. The Bertz CT molecular complexity index is 3390. The Labute approximate surface area is 347 Å². The summed E-state index contributed by atoms with van der Waals surface area (Å²) in [6.07, 6.45) is 0. The minimum Gasteiger partial charge on any atom is -0.310 e. The van der Waals surface area contributed by atoms with E-state index in [1.807, 2.05) is 48.5 Å². The van der Waals surface area contributed by atoms with E-state index < -0.39 is 0 Å². The monoisotopic (exact) mass is 772 g/mol. The Hall–Kier alpha value is -7.30. The van der Waals surface area contributed by atoms with Gasteiger partial charge in [-0.3, -0.25) is 9.59 Å². The second-order valence-corrected chi connectivity index (χ2v) is 17.6. The van der Waals surface area contributed by atoms with Crippen molar-refractivity contribution in [3.05, 3.63) is 213 Å². The quantitative estimate of drug-likeness (QED) is 0.132. The molecule has 0 unspecified atom stereocenters. The molecule has 0 N–H and O–H groups in total. The maximum Gasteiger partial charge on any atom is 0.266 e. The number of fused-ring (bicyclic) bond motifs is 10. The van der Waals surface area contributed by atoms with Crippen LogP contribution < -0.4 is 16.0 Å². The zero-order valence-corrected chi connectivity index (χ0v) is 33.9. The maximum absolute atomic E-state index is 13.9. The third-order valence-corrected chi connectivity index (χ3v) is 13.7. The van der Waals surface area contributed by atoms with Crippen LogP contribution in [-0.2, 0) is 10.8 Å². The summed E-state index contributed by atoms with van der Waals surface area (Å²) in [6, 6.07) is 60.0. The molecule has 8 aromatic carbocycles. The summed E-state index contributed by atoms with van der Waals surface area (Å²) < 4.78 is 1.38. The smallest absolute Gasteiger partial charge is 0.266 e. The van der Waals surface area contributed by atoms with Crippen molar-refractivity contribution in [3.8, 4) is 33.4 Å². The van der Waals surface area contributed by atoms with E-state index in [9.17, 15) is 9.59 Å². The molecule has 4 nitrogen and oxygen atoms in total. The molecule has 286 valence electrons. The van der Waals surface area contributed by atoms with Gasteiger partial charge in [0.25, 0.3) is 11.1 Å². The Morgan fingerprint density at radius 2 is 0.767 bits per heavy atom. The zero-order valence-electron chi connectivity index (χ0n) is 33.9. The van der Waals surface area contributed by atoms with Gasteiger partial charge in [-0.25, -0.2) is 4.40 Å². The first-order valence-corrected chi connectivity index (χ1v) is 20.8. The minimum atomic E-state index is -0.284. The minimum absolute atomic E-state index is 0.145. The topological polar surface area (TPSA) is 41.8 Å². The maximum atomic E-state index is 13.9. The van der Waals surface area contributed by atoms with Gasteiger partial charge in [0.1, 0.15) is 0 Å². The standard InChI is InChI=1S/C56H40N2O2/c1-55(2)48-19-11-9-15-40(48)42-27-25-36(31-50(42)55)57(37-26-28-43-41-16-10-12-20-49(41)56(3,4)51(43)32-37)35-23-21-33(22-24-35)34-29-46-38-13-5-7-17-44(38)53(59)58-52(46)47(30-34)39-14-6-8-18-45(39)54(58)60/h5-32H,1-4H3. The van der Waals surface area contributed by atoms with E-state index in [4.69, 9.17) is 0 Å². The van der Waals surface area contributed by atoms with Crippen LogP contribution in [0.3, 0.4) is 0 Å². The van der Waals surface area contributed by atoms with Gasteiger partial charge in [-0.05, 0) is 127 Å². The molecule has 12 rings (SSSR count). The Morgan fingerprint density at radius 3 is 1.25 bits per heavy atom. The highest BCUT2D eigenvalue weighted by Crippen LogP contribution is 2.53. The van der Waals surface area contributed by atoms with Gasteiger partial charge in [-0.1, -0.05) is 137 Å². The number of nitrogens with zero attached hydrogens (tertiary/aromatic N) is 2. The fourth-order valence-electron chi connectivity index (χ4n) is 10.7. The fourth-order valence-corrected chi connectivity index (χ4v) is 10.7. The van der Waals surface area contributed by atoms with Gasteiger partial charge in [0.05, 0.1) is 5.52 Å². The molecule has 0 atom stereocenters. The molecular formula is C56H40N2O2. The van der Waals surface area contributed by atoms with Crippen LogP contribution in [0, 0.1) is 0 Å². The van der Waals surface area contributed by atoms with Crippen LogP contribution >= 0.6 is 0 Å². The second kappa shape index (κ2) is 12.1. The molecule has 0 amide bonds. The molecule has 2 aromatic heterocycles. The van der Waals surface area contributed by atoms with Crippen LogP contribution in [0.5, 0.6) is 0 Å². The third-order valence-electron chi connectivity index (χ3n) is 13.7.